The zero-order valence-corrected chi connectivity index (χ0v) is 16.6. The molecule has 13 heteroatoms. The summed E-state index contributed by atoms with van der Waals surface area (Å²) in [6, 6.07) is 6.36. The lowest BCUT2D eigenvalue weighted by molar-refractivity contribution is -0.194. The molecule has 168 valence electrons. The number of nitrogens with zero attached hydrogens (tertiary/aromatic N) is 1. The van der Waals surface area contributed by atoms with E-state index in [2.05, 4.69) is 0 Å². The Morgan fingerprint density at radius 3 is 2.77 bits per heavy atom. The molecule has 1 N–H and O–H groups in total. The van der Waals surface area contributed by atoms with Gasteiger partial charge in [0, 0.05) is 11.8 Å². The van der Waals surface area contributed by atoms with Crippen molar-refractivity contribution in [3.8, 4) is 5.75 Å². The quantitative estimate of drug-likeness (QED) is 0.522. The highest BCUT2D eigenvalue weighted by molar-refractivity contribution is 7.49. The lowest BCUT2D eigenvalue weighted by atomic mass is 9.98. The summed E-state index contributed by atoms with van der Waals surface area (Å²) in [5.74, 6) is -1.25. The molecule has 1 aromatic carbocycles. The molecule has 0 radical (unpaired) electrons. The Labute approximate surface area is 173 Å². The predicted molar refractivity (Wildman–Crippen MR) is 95.5 cm³/mol. The summed E-state index contributed by atoms with van der Waals surface area (Å²) in [7, 11) is -4.40. The van der Waals surface area contributed by atoms with Gasteiger partial charge in [-0.25, -0.2) is 17.7 Å². The van der Waals surface area contributed by atoms with Crippen LogP contribution < -0.4 is 4.52 Å². The summed E-state index contributed by atoms with van der Waals surface area (Å²) in [5.41, 5.74) is -2.53. The topological polar surface area (TPSA) is 112 Å². The van der Waals surface area contributed by atoms with Crippen LogP contribution in [0.3, 0.4) is 0 Å². The van der Waals surface area contributed by atoms with Gasteiger partial charge in [0.05, 0.1) is 19.6 Å². The van der Waals surface area contributed by atoms with Gasteiger partial charge in [0.2, 0.25) is 5.91 Å². The molecular formula is C18H17F3NO8P. The fraction of sp³-hybridized carbons (Fsp3) is 0.444. The summed E-state index contributed by atoms with van der Waals surface area (Å²) >= 11 is 0. The molecule has 5 atom stereocenters. The van der Waals surface area contributed by atoms with Gasteiger partial charge in [-0.1, -0.05) is 18.2 Å². The van der Waals surface area contributed by atoms with Crippen LogP contribution in [0.2, 0.25) is 0 Å². The third-order valence-corrected chi connectivity index (χ3v) is 6.40. The van der Waals surface area contributed by atoms with E-state index >= 15 is 0 Å². The highest BCUT2D eigenvalue weighted by atomic mass is 31.2. The van der Waals surface area contributed by atoms with Gasteiger partial charge in [-0.3, -0.25) is 23.5 Å². The number of phosphoric ester groups is 1. The highest BCUT2D eigenvalue weighted by Gasteiger charge is 2.64. The third kappa shape index (κ3) is 3.90. The second-order valence-corrected chi connectivity index (χ2v) is 8.70. The number of halogens is 3. The maximum atomic E-state index is 14.9. The van der Waals surface area contributed by atoms with E-state index in [1.807, 2.05) is 0 Å². The van der Waals surface area contributed by atoms with Gasteiger partial charge in [-0.2, -0.15) is 0 Å². The van der Waals surface area contributed by atoms with Crippen LogP contribution in [-0.2, 0) is 34.5 Å². The Morgan fingerprint density at radius 2 is 2.06 bits per heavy atom. The number of carbonyl (C=O) groups excluding carboxylic acids is 2. The van der Waals surface area contributed by atoms with Crippen LogP contribution >= 0.6 is 7.82 Å². The molecule has 9 nitrogen and oxygen atoms in total. The molecule has 1 fully saturated rings. The van der Waals surface area contributed by atoms with Crippen LogP contribution in [0.1, 0.15) is 12.0 Å². The molecule has 0 spiro atoms. The summed E-state index contributed by atoms with van der Waals surface area (Å²) in [4.78, 5) is 24.0. The van der Waals surface area contributed by atoms with E-state index in [0.29, 0.717) is 10.5 Å². The number of ether oxygens (including phenoxy) is 1. The SMILES string of the molecule is O=C1C=CN([C@@H]2O[C@@](COP3(=O)OCc4ccccc4O3)(C(F)F)[C@@H](F)[C@H]2O)C(=O)C1. The van der Waals surface area contributed by atoms with Gasteiger partial charge in [0.15, 0.2) is 23.8 Å². The minimum atomic E-state index is -4.40. The van der Waals surface area contributed by atoms with E-state index in [0.717, 1.165) is 12.3 Å². The molecule has 3 aliphatic heterocycles. The fourth-order valence-electron chi connectivity index (χ4n) is 3.39. The molecule has 0 aromatic heterocycles. The molecule has 1 saturated heterocycles. The maximum absolute atomic E-state index is 14.9. The molecule has 1 aromatic rings. The Kier molecular flexibility index (Phi) is 5.69. The van der Waals surface area contributed by atoms with Crippen LogP contribution in [0, 0.1) is 0 Å². The number of ketones is 1. The van der Waals surface area contributed by atoms with E-state index in [1.165, 1.54) is 6.07 Å². The first-order valence-electron chi connectivity index (χ1n) is 9.12. The van der Waals surface area contributed by atoms with Gasteiger partial charge in [-0.15, -0.1) is 0 Å². The van der Waals surface area contributed by atoms with Crippen molar-refractivity contribution in [2.24, 2.45) is 0 Å². The Balaban J connectivity index is 1.54. The van der Waals surface area contributed by atoms with Crippen molar-refractivity contribution >= 4 is 19.5 Å². The van der Waals surface area contributed by atoms with Crippen LogP contribution in [0.15, 0.2) is 36.5 Å². The molecule has 4 rings (SSSR count). The third-order valence-electron chi connectivity index (χ3n) is 5.09. The number of aliphatic hydroxyl groups excluding tert-OH is 1. The zero-order valence-electron chi connectivity index (χ0n) is 15.7. The number of allylic oxidation sites excluding steroid dienone is 1. The average Bonchev–Trinajstić information content (AvgIpc) is 2.98. The molecular weight excluding hydrogens is 446 g/mol. The van der Waals surface area contributed by atoms with Gasteiger partial charge < -0.3 is 14.4 Å². The molecule has 3 aliphatic rings. The van der Waals surface area contributed by atoms with E-state index in [1.54, 1.807) is 18.2 Å². The molecule has 0 saturated carbocycles. The highest BCUT2D eigenvalue weighted by Crippen LogP contribution is 2.56. The number of rotatable bonds is 5. The van der Waals surface area contributed by atoms with E-state index in [9.17, 15) is 32.4 Å². The largest absolute Gasteiger partial charge is 0.530 e. The van der Waals surface area contributed by atoms with Crippen molar-refractivity contribution < 1.29 is 50.7 Å². The lowest BCUT2D eigenvalue weighted by Gasteiger charge is -2.33. The van der Waals surface area contributed by atoms with Crippen molar-refractivity contribution in [3.63, 3.8) is 0 Å². The number of alkyl halides is 3. The Morgan fingerprint density at radius 1 is 1.32 bits per heavy atom. The normalized spacial score (nSPS) is 35.4. The molecule has 0 aliphatic carbocycles. The van der Waals surface area contributed by atoms with Gasteiger partial charge in [0.1, 0.15) is 11.9 Å². The molecule has 31 heavy (non-hydrogen) atoms. The number of aliphatic hydroxyl groups is 1. The number of benzene rings is 1. The second kappa shape index (κ2) is 8.03. The van der Waals surface area contributed by atoms with Crippen molar-refractivity contribution in [2.45, 2.75) is 43.6 Å². The van der Waals surface area contributed by atoms with Crippen molar-refractivity contribution in [2.75, 3.05) is 6.61 Å². The number of hydrogen-bond acceptors (Lipinski definition) is 8. The lowest BCUT2D eigenvalue weighted by Crippen LogP contribution is -2.50. The van der Waals surface area contributed by atoms with Crippen LogP contribution in [-0.4, -0.2) is 58.8 Å². The van der Waals surface area contributed by atoms with E-state index in [-0.39, 0.29) is 12.4 Å². The van der Waals surface area contributed by atoms with Gasteiger partial charge >= 0.3 is 7.82 Å². The number of phosphoric acid groups is 1. The predicted octanol–water partition coefficient (Wildman–Crippen LogP) is 2.09. The van der Waals surface area contributed by atoms with Crippen LogP contribution in [0.5, 0.6) is 5.75 Å². The van der Waals surface area contributed by atoms with E-state index in [4.69, 9.17) is 18.3 Å². The molecule has 1 unspecified atom stereocenters. The summed E-state index contributed by atoms with van der Waals surface area (Å²) < 4.78 is 75.7. The number of fused-ring (bicyclic) bond motifs is 1. The van der Waals surface area contributed by atoms with Gasteiger partial charge in [0.25, 0.3) is 6.43 Å². The Hall–Kier alpha value is -2.24. The first-order chi connectivity index (χ1) is 14.7. The van der Waals surface area contributed by atoms with Crippen molar-refractivity contribution in [1.29, 1.82) is 0 Å². The molecule has 0 bridgehead atoms. The van der Waals surface area contributed by atoms with Crippen molar-refractivity contribution in [3.05, 3.63) is 42.1 Å². The standard InChI is InChI=1S/C18H17F3NO8P/c19-15-14(25)16(22-6-5-11(23)7-13(22)24)29-18(15,17(20)21)9-28-31(26)27-8-10-3-1-2-4-12(10)30-31/h1-6,14-17,25H,7-9H2/t14-,15+,16-,18-,31?/m1/s1. The summed E-state index contributed by atoms with van der Waals surface area (Å²) in [6.45, 7) is -1.50. The maximum Gasteiger partial charge on any atom is 0.530 e. The van der Waals surface area contributed by atoms with Crippen molar-refractivity contribution in [1.82, 2.24) is 4.90 Å². The van der Waals surface area contributed by atoms with Gasteiger partial charge in [-0.05, 0) is 12.1 Å². The van der Waals surface area contributed by atoms with E-state index < -0.39 is 63.1 Å². The smallest absolute Gasteiger partial charge is 0.404 e. The number of carbonyl (C=O) groups is 2. The average molecular weight is 463 g/mol. The fourth-order valence-corrected chi connectivity index (χ4v) is 4.64. The Bertz CT molecular complexity index is 975. The zero-order chi connectivity index (χ0) is 22.4. The first kappa shape index (κ1) is 22.0. The minimum absolute atomic E-state index is 0.152. The minimum Gasteiger partial charge on any atom is -0.404 e. The monoisotopic (exact) mass is 463 g/mol. The summed E-state index contributed by atoms with van der Waals surface area (Å²) in [6.07, 6.45) is -8.99. The number of hydrogen-bond donors (Lipinski definition) is 1. The van der Waals surface area contributed by atoms with Crippen LogP contribution in [0.25, 0.3) is 0 Å². The summed E-state index contributed by atoms with van der Waals surface area (Å²) in [5, 5.41) is 10.2. The number of amides is 1. The first-order valence-corrected chi connectivity index (χ1v) is 10.6. The van der Waals surface area contributed by atoms with Crippen LogP contribution in [0.4, 0.5) is 13.2 Å². The molecule has 1 amide bonds. The second-order valence-electron chi connectivity index (χ2n) is 7.11. The number of para-hydroxylation sites is 1. The molecule has 3 heterocycles.